The largest absolute Gasteiger partial charge is 0.495 e. The van der Waals surface area contributed by atoms with E-state index in [1.807, 2.05) is 30.3 Å². The minimum atomic E-state index is -0.999. The van der Waals surface area contributed by atoms with Crippen LogP contribution >= 0.6 is 0 Å². The van der Waals surface area contributed by atoms with Crippen molar-refractivity contribution in [3.63, 3.8) is 0 Å². The molecule has 7 heteroatoms. The molecule has 1 aromatic heterocycles. The van der Waals surface area contributed by atoms with E-state index in [9.17, 15) is 9.59 Å². The van der Waals surface area contributed by atoms with Crippen molar-refractivity contribution in [1.82, 2.24) is 10.2 Å². The number of amides is 1. The van der Waals surface area contributed by atoms with Gasteiger partial charge in [-0.2, -0.15) is 5.10 Å². The molecular formula is C20H19N3O4. The number of nitrogens with one attached hydrogen (secondary N) is 2. The summed E-state index contributed by atoms with van der Waals surface area (Å²) in [5.41, 5.74) is 2.10. The highest BCUT2D eigenvalue weighted by Crippen LogP contribution is 2.24. The Morgan fingerprint density at radius 3 is 2.52 bits per heavy atom. The quantitative estimate of drug-likeness (QED) is 0.654. The summed E-state index contributed by atoms with van der Waals surface area (Å²) in [5.74, 6) is -0.575. The van der Waals surface area contributed by atoms with Crippen LogP contribution in [-0.2, 0) is 9.53 Å². The Morgan fingerprint density at radius 1 is 1.07 bits per heavy atom. The van der Waals surface area contributed by atoms with E-state index < -0.39 is 18.0 Å². The smallest absolute Gasteiger partial charge is 0.342 e. The number of hydrogen-bond acceptors (Lipinski definition) is 5. The molecule has 2 N–H and O–H groups in total. The Morgan fingerprint density at radius 2 is 1.78 bits per heavy atom. The summed E-state index contributed by atoms with van der Waals surface area (Å²) in [7, 11) is 1.51. The molecule has 27 heavy (non-hydrogen) atoms. The molecule has 7 nitrogen and oxygen atoms in total. The third-order valence-electron chi connectivity index (χ3n) is 3.94. The van der Waals surface area contributed by atoms with E-state index in [-0.39, 0.29) is 5.56 Å². The maximum absolute atomic E-state index is 12.5. The number of aromatic amines is 1. The van der Waals surface area contributed by atoms with E-state index >= 15 is 0 Å². The normalized spacial score (nSPS) is 11.5. The minimum absolute atomic E-state index is 0.262. The molecule has 0 fully saturated rings. The van der Waals surface area contributed by atoms with Gasteiger partial charge in [0.05, 0.1) is 24.7 Å². The molecule has 0 radical (unpaired) electrons. The average molecular weight is 365 g/mol. The van der Waals surface area contributed by atoms with Crippen molar-refractivity contribution < 1.29 is 19.1 Å². The van der Waals surface area contributed by atoms with Crippen molar-refractivity contribution in [3.05, 3.63) is 66.4 Å². The van der Waals surface area contributed by atoms with E-state index in [0.29, 0.717) is 17.1 Å². The first-order chi connectivity index (χ1) is 13.1. The van der Waals surface area contributed by atoms with Gasteiger partial charge >= 0.3 is 5.97 Å². The average Bonchev–Trinajstić information content (AvgIpc) is 3.19. The number of aromatic nitrogens is 2. The van der Waals surface area contributed by atoms with Crippen LogP contribution in [0.5, 0.6) is 5.75 Å². The fraction of sp³-hybridized carbons (Fsp3) is 0.150. The zero-order chi connectivity index (χ0) is 19.2. The van der Waals surface area contributed by atoms with E-state index in [2.05, 4.69) is 15.5 Å². The topological polar surface area (TPSA) is 93.3 Å². The number of esters is 1. The summed E-state index contributed by atoms with van der Waals surface area (Å²) in [6, 6.07) is 16.3. The molecule has 3 aromatic rings. The van der Waals surface area contributed by atoms with Crippen LogP contribution in [0, 0.1) is 0 Å². The van der Waals surface area contributed by atoms with Gasteiger partial charge in [-0.1, -0.05) is 42.5 Å². The first kappa shape index (κ1) is 18.2. The molecule has 0 aliphatic carbocycles. The number of rotatable bonds is 6. The lowest BCUT2D eigenvalue weighted by Gasteiger charge is -2.15. The van der Waals surface area contributed by atoms with Gasteiger partial charge in [-0.15, -0.1) is 0 Å². The van der Waals surface area contributed by atoms with Gasteiger partial charge in [-0.05, 0) is 19.1 Å². The van der Waals surface area contributed by atoms with Gasteiger partial charge in [0.25, 0.3) is 5.91 Å². The summed E-state index contributed by atoms with van der Waals surface area (Å²) in [6.07, 6.45) is 0.385. The summed E-state index contributed by atoms with van der Waals surface area (Å²) < 4.78 is 10.5. The number of anilines is 1. The Hall–Kier alpha value is -3.61. The van der Waals surface area contributed by atoms with Crippen LogP contribution in [0.4, 0.5) is 5.69 Å². The molecule has 3 rings (SSSR count). The summed E-state index contributed by atoms with van der Waals surface area (Å²) >= 11 is 0. The molecule has 0 aliphatic rings. The lowest BCUT2D eigenvalue weighted by molar-refractivity contribution is -0.123. The number of hydrogen-bond donors (Lipinski definition) is 2. The number of para-hydroxylation sites is 2. The van der Waals surface area contributed by atoms with Crippen molar-refractivity contribution in [2.24, 2.45) is 0 Å². The number of carbonyl (C=O) groups is 2. The van der Waals surface area contributed by atoms with E-state index in [4.69, 9.17) is 9.47 Å². The molecule has 0 unspecified atom stereocenters. The molecular weight excluding hydrogens is 346 g/mol. The van der Waals surface area contributed by atoms with Crippen molar-refractivity contribution in [2.45, 2.75) is 13.0 Å². The standard InChI is InChI=1S/C20H19N3O4/c1-13(19(24)22-16-10-6-7-11-17(16)26-2)27-20(25)15-12-21-23-18(15)14-8-4-3-5-9-14/h3-13H,1-2H3,(H,21,23)(H,22,24)/t13-/m1/s1. The van der Waals surface area contributed by atoms with Gasteiger partial charge in [0, 0.05) is 5.56 Å². The lowest BCUT2D eigenvalue weighted by Crippen LogP contribution is -2.30. The Bertz CT molecular complexity index is 937. The van der Waals surface area contributed by atoms with E-state index in [1.54, 1.807) is 24.3 Å². The maximum atomic E-state index is 12.5. The minimum Gasteiger partial charge on any atom is -0.495 e. The monoisotopic (exact) mass is 365 g/mol. The van der Waals surface area contributed by atoms with Gasteiger partial charge in [0.15, 0.2) is 6.10 Å². The van der Waals surface area contributed by atoms with Crippen molar-refractivity contribution in [1.29, 1.82) is 0 Å². The number of benzene rings is 2. The van der Waals surface area contributed by atoms with Crippen LogP contribution in [-0.4, -0.2) is 35.3 Å². The Labute approximate surface area is 156 Å². The second kappa shape index (κ2) is 8.18. The Balaban J connectivity index is 1.69. The van der Waals surface area contributed by atoms with Gasteiger partial charge in [0.2, 0.25) is 0 Å². The molecule has 2 aromatic carbocycles. The Kier molecular flexibility index (Phi) is 5.51. The summed E-state index contributed by atoms with van der Waals surface area (Å²) in [4.78, 5) is 24.9. The second-order valence-corrected chi connectivity index (χ2v) is 5.76. The second-order valence-electron chi connectivity index (χ2n) is 5.76. The SMILES string of the molecule is COc1ccccc1NC(=O)[C@@H](C)OC(=O)c1cn[nH]c1-c1ccccc1. The van der Waals surface area contributed by atoms with Crippen LogP contribution < -0.4 is 10.1 Å². The molecule has 1 atom stereocenters. The molecule has 0 saturated carbocycles. The number of methoxy groups -OCH3 is 1. The first-order valence-electron chi connectivity index (χ1n) is 8.33. The number of ether oxygens (including phenoxy) is 2. The van der Waals surface area contributed by atoms with Crippen molar-refractivity contribution in [3.8, 4) is 17.0 Å². The van der Waals surface area contributed by atoms with Gasteiger partial charge in [0.1, 0.15) is 11.3 Å². The third-order valence-corrected chi connectivity index (χ3v) is 3.94. The number of carbonyl (C=O) groups excluding carboxylic acids is 2. The number of nitrogens with zero attached hydrogens (tertiary/aromatic N) is 1. The zero-order valence-corrected chi connectivity index (χ0v) is 14.9. The molecule has 138 valence electrons. The van der Waals surface area contributed by atoms with Crippen LogP contribution in [0.1, 0.15) is 17.3 Å². The predicted octanol–water partition coefficient (Wildman–Crippen LogP) is 3.27. The fourth-order valence-electron chi connectivity index (χ4n) is 2.53. The van der Waals surface area contributed by atoms with E-state index in [1.165, 1.54) is 20.2 Å². The zero-order valence-electron chi connectivity index (χ0n) is 14.9. The van der Waals surface area contributed by atoms with Crippen molar-refractivity contribution >= 4 is 17.6 Å². The maximum Gasteiger partial charge on any atom is 0.342 e. The molecule has 0 bridgehead atoms. The van der Waals surface area contributed by atoms with Crippen LogP contribution in [0.15, 0.2) is 60.8 Å². The molecule has 1 amide bonds. The van der Waals surface area contributed by atoms with Crippen LogP contribution in [0.2, 0.25) is 0 Å². The highest BCUT2D eigenvalue weighted by atomic mass is 16.5. The van der Waals surface area contributed by atoms with E-state index in [0.717, 1.165) is 5.56 Å². The predicted molar refractivity (Wildman–Crippen MR) is 101 cm³/mol. The highest BCUT2D eigenvalue weighted by Gasteiger charge is 2.23. The third kappa shape index (κ3) is 4.14. The van der Waals surface area contributed by atoms with Gasteiger partial charge in [-0.25, -0.2) is 4.79 Å². The van der Waals surface area contributed by atoms with Crippen LogP contribution in [0.3, 0.4) is 0 Å². The highest BCUT2D eigenvalue weighted by molar-refractivity contribution is 6.00. The fourth-order valence-corrected chi connectivity index (χ4v) is 2.53. The summed E-state index contributed by atoms with van der Waals surface area (Å²) in [5, 5.41) is 9.41. The van der Waals surface area contributed by atoms with Gasteiger partial charge in [-0.3, -0.25) is 9.89 Å². The number of H-pyrrole nitrogens is 1. The molecule has 0 spiro atoms. The molecule has 0 aliphatic heterocycles. The van der Waals surface area contributed by atoms with Gasteiger partial charge < -0.3 is 14.8 Å². The molecule has 1 heterocycles. The lowest BCUT2D eigenvalue weighted by atomic mass is 10.1. The first-order valence-corrected chi connectivity index (χ1v) is 8.33. The van der Waals surface area contributed by atoms with Crippen molar-refractivity contribution in [2.75, 3.05) is 12.4 Å². The van der Waals surface area contributed by atoms with Crippen LogP contribution in [0.25, 0.3) is 11.3 Å². The molecule has 0 saturated heterocycles. The summed E-state index contributed by atoms with van der Waals surface area (Å²) in [6.45, 7) is 1.50.